The van der Waals surface area contributed by atoms with Crippen molar-refractivity contribution in [2.24, 2.45) is 0 Å². The van der Waals surface area contributed by atoms with Crippen LogP contribution in [0.1, 0.15) is 12.2 Å². The summed E-state index contributed by atoms with van der Waals surface area (Å²) in [4.78, 5) is 11.8. The fourth-order valence-electron chi connectivity index (χ4n) is 1.58. The smallest absolute Gasteiger partial charge is 0.225 e. The maximum absolute atomic E-state index is 11.8. The van der Waals surface area contributed by atoms with Gasteiger partial charge in [-0.25, -0.2) is 0 Å². The largest absolute Gasteiger partial charge is 0.468 e. The van der Waals surface area contributed by atoms with Crippen molar-refractivity contribution in [1.82, 2.24) is 0 Å². The zero-order chi connectivity index (χ0) is 14.4. The van der Waals surface area contributed by atoms with E-state index in [0.717, 1.165) is 11.5 Å². The number of carbonyl (C=O) groups is 1. The number of furan rings is 1. The minimum Gasteiger partial charge on any atom is -0.468 e. The van der Waals surface area contributed by atoms with Crippen LogP contribution in [0.15, 0.2) is 41.0 Å². The predicted molar refractivity (Wildman–Crippen MR) is 84.0 cm³/mol. The van der Waals surface area contributed by atoms with Crippen molar-refractivity contribution in [2.75, 3.05) is 16.8 Å². The molecule has 1 amide bonds. The molecule has 0 unspecified atom stereocenters. The summed E-state index contributed by atoms with van der Waals surface area (Å²) in [5.74, 6) is 2.31. The molecule has 0 fully saturated rings. The lowest BCUT2D eigenvalue weighted by molar-refractivity contribution is -0.115. The fourth-order valence-corrected chi connectivity index (χ4v) is 2.59. The lowest BCUT2D eigenvalue weighted by atomic mass is 10.2. The first-order valence-electron chi connectivity index (χ1n) is 6.10. The Balaban J connectivity index is 1.73. The van der Waals surface area contributed by atoms with Gasteiger partial charge in [-0.3, -0.25) is 4.79 Å². The highest BCUT2D eigenvalue weighted by Gasteiger charge is 2.06. The molecule has 0 aliphatic heterocycles. The maximum atomic E-state index is 11.8. The highest BCUT2D eigenvalue weighted by atomic mass is 35.5. The normalized spacial score (nSPS) is 10.4. The number of nitrogens with two attached hydrogens (primary N) is 1. The van der Waals surface area contributed by atoms with Crippen LogP contribution in [0, 0.1) is 0 Å². The van der Waals surface area contributed by atoms with Crippen LogP contribution in [0.2, 0.25) is 5.02 Å². The lowest BCUT2D eigenvalue weighted by Gasteiger charge is -2.08. The second-order valence-electron chi connectivity index (χ2n) is 4.16. The summed E-state index contributed by atoms with van der Waals surface area (Å²) < 4.78 is 5.21. The van der Waals surface area contributed by atoms with Crippen molar-refractivity contribution in [1.29, 1.82) is 0 Å². The second-order valence-corrected chi connectivity index (χ2v) is 5.70. The third-order valence-electron chi connectivity index (χ3n) is 2.59. The van der Waals surface area contributed by atoms with Crippen LogP contribution < -0.4 is 11.1 Å². The minimum absolute atomic E-state index is 0.0779. The van der Waals surface area contributed by atoms with E-state index in [4.69, 9.17) is 21.8 Å². The Morgan fingerprint density at radius 3 is 3.00 bits per heavy atom. The van der Waals surface area contributed by atoms with E-state index in [2.05, 4.69) is 5.32 Å². The van der Waals surface area contributed by atoms with E-state index in [-0.39, 0.29) is 5.91 Å². The van der Waals surface area contributed by atoms with Gasteiger partial charge in [0.2, 0.25) is 5.91 Å². The van der Waals surface area contributed by atoms with Gasteiger partial charge in [-0.15, -0.1) is 0 Å². The molecule has 1 aromatic carbocycles. The monoisotopic (exact) mass is 310 g/mol. The van der Waals surface area contributed by atoms with Crippen LogP contribution in [0.4, 0.5) is 11.4 Å². The van der Waals surface area contributed by atoms with Crippen molar-refractivity contribution in [2.45, 2.75) is 12.2 Å². The molecule has 0 bridgehead atoms. The summed E-state index contributed by atoms with van der Waals surface area (Å²) in [6.45, 7) is 0. The van der Waals surface area contributed by atoms with E-state index in [1.807, 2.05) is 12.1 Å². The third-order valence-corrected chi connectivity index (χ3v) is 3.80. The molecule has 0 saturated heterocycles. The first kappa shape index (κ1) is 14.8. The minimum atomic E-state index is -0.0779. The van der Waals surface area contributed by atoms with Crippen molar-refractivity contribution in [3.63, 3.8) is 0 Å². The molecular formula is C14H15ClN2O2S. The summed E-state index contributed by atoms with van der Waals surface area (Å²) in [6, 6.07) is 8.77. The molecule has 0 saturated carbocycles. The van der Waals surface area contributed by atoms with Gasteiger partial charge >= 0.3 is 0 Å². The number of anilines is 2. The Bertz CT molecular complexity index is 573. The summed E-state index contributed by atoms with van der Waals surface area (Å²) in [6.07, 6.45) is 2.06. The Hall–Kier alpha value is -1.59. The first-order valence-corrected chi connectivity index (χ1v) is 7.63. The van der Waals surface area contributed by atoms with Gasteiger partial charge in [-0.05, 0) is 30.3 Å². The van der Waals surface area contributed by atoms with E-state index in [1.54, 1.807) is 36.2 Å². The number of nitrogens with one attached hydrogen (secondary N) is 1. The number of carbonyl (C=O) groups excluding carboxylic acids is 1. The standard InChI is InChI=1S/C14H15ClN2O2S/c15-10-3-4-12(16)13(8-10)17-14(18)5-7-20-9-11-2-1-6-19-11/h1-4,6,8H,5,7,9,16H2,(H,17,18). The van der Waals surface area contributed by atoms with Gasteiger partial charge in [0.15, 0.2) is 0 Å². The Morgan fingerprint density at radius 2 is 2.25 bits per heavy atom. The molecule has 4 nitrogen and oxygen atoms in total. The summed E-state index contributed by atoms with van der Waals surface area (Å²) in [7, 11) is 0. The number of amides is 1. The third kappa shape index (κ3) is 4.51. The molecule has 0 aliphatic carbocycles. The number of thioether (sulfide) groups is 1. The maximum Gasteiger partial charge on any atom is 0.225 e. The van der Waals surface area contributed by atoms with Gasteiger partial charge in [0, 0.05) is 17.2 Å². The Labute approximate surface area is 126 Å². The van der Waals surface area contributed by atoms with Gasteiger partial charge < -0.3 is 15.5 Å². The highest BCUT2D eigenvalue weighted by molar-refractivity contribution is 7.98. The molecule has 0 spiro atoms. The van der Waals surface area contributed by atoms with Crippen molar-refractivity contribution < 1.29 is 9.21 Å². The van der Waals surface area contributed by atoms with E-state index < -0.39 is 0 Å². The average Bonchev–Trinajstić information content (AvgIpc) is 2.92. The lowest BCUT2D eigenvalue weighted by Crippen LogP contribution is -2.13. The van der Waals surface area contributed by atoms with Crippen molar-refractivity contribution in [3.05, 3.63) is 47.4 Å². The van der Waals surface area contributed by atoms with Gasteiger partial charge in [-0.1, -0.05) is 11.6 Å². The zero-order valence-electron chi connectivity index (χ0n) is 10.8. The van der Waals surface area contributed by atoms with E-state index in [9.17, 15) is 4.79 Å². The van der Waals surface area contributed by atoms with Gasteiger partial charge in [0.1, 0.15) is 5.76 Å². The number of halogens is 1. The topological polar surface area (TPSA) is 68.3 Å². The summed E-state index contributed by atoms with van der Waals surface area (Å²) in [5.41, 5.74) is 6.83. The van der Waals surface area contributed by atoms with Gasteiger partial charge in [0.25, 0.3) is 0 Å². The molecule has 20 heavy (non-hydrogen) atoms. The fraction of sp³-hybridized carbons (Fsp3) is 0.214. The number of hydrogen-bond donors (Lipinski definition) is 2. The van der Waals surface area contributed by atoms with Crippen molar-refractivity contribution in [3.8, 4) is 0 Å². The molecule has 2 rings (SSSR count). The molecule has 0 aliphatic rings. The number of nitrogen functional groups attached to an aromatic ring is 1. The van der Waals surface area contributed by atoms with Crippen LogP contribution in [-0.4, -0.2) is 11.7 Å². The molecular weight excluding hydrogens is 296 g/mol. The van der Waals surface area contributed by atoms with Crippen LogP contribution in [-0.2, 0) is 10.5 Å². The summed E-state index contributed by atoms with van der Waals surface area (Å²) in [5, 5.41) is 3.30. The molecule has 0 atom stereocenters. The number of benzene rings is 1. The molecule has 0 radical (unpaired) electrons. The van der Waals surface area contributed by atoms with E-state index >= 15 is 0 Å². The molecule has 2 aromatic rings. The zero-order valence-corrected chi connectivity index (χ0v) is 12.3. The molecule has 1 heterocycles. The van der Waals surface area contributed by atoms with Crippen LogP contribution >= 0.6 is 23.4 Å². The molecule has 1 aromatic heterocycles. The van der Waals surface area contributed by atoms with Crippen molar-refractivity contribution >= 4 is 40.6 Å². The molecule has 106 valence electrons. The Morgan fingerprint density at radius 1 is 1.40 bits per heavy atom. The highest BCUT2D eigenvalue weighted by Crippen LogP contribution is 2.23. The predicted octanol–water partition coefficient (Wildman–Crippen LogP) is 3.78. The number of hydrogen-bond acceptors (Lipinski definition) is 4. The average molecular weight is 311 g/mol. The second kappa shape index (κ2) is 7.26. The van der Waals surface area contributed by atoms with E-state index in [1.165, 1.54) is 0 Å². The Kier molecular flexibility index (Phi) is 5.38. The van der Waals surface area contributed by atoms with Crippen LogP contribution in [0.25, 0.3) is 0 Å². The van der Waals surface area contributed by atoms with Gasteiger partial charge in [-0.2, -0.15) is 11.8 Å². The quantitative estimate of drug-likeness (QED) is 0.629. The first-order chi connectivity index (χ1) is 9.65. The SMILES string of the molecule is Nc1ccc(Cl)cc1NC(=O)CCSCc1ccco1. The van der Waals surface area contributed by atoms with Crippen LogP contribution in [0.3, 0.4) is 0 Å². The summed E-state index contributed by atoms with van der Waals surface area (Å²) >= 11 is 7.51. The molecule has 6 heteroatoms. The van der Waals surface area contributed by atoms with Gasteiger partial charge in [0.05, 0.1) is 23.4 Å². The van der Waals surface area contributed by atoms with Crippen LogP contribution in [0.5, 0.6) is 0 Å². The van der Waals surface area contributed by atoms with E-state index in [0.29, 0.717) is 28.6 Å². The number of rotatable bonds is 6. The molecule has 3 N–H and O–H groups in total.